The van der Waals surface area contributed by atoms with E-state index < -0.39 is 0 Å². The number of hydrogen-bond acceptors (Lipinski definition) is 1. The van der Waals surface area contributed by atoms with E-state index in [1.54, 1.807) is 0 Å². The zero-order valence-electron chi connectivity index (χ0n) is 8.06. The molecule has 0 bridgehead atoms. The summed E-state index contributed by atoms with van der Waals surface area (Å²) in [5.74, 6) is 1.61. The van der Waals surface area contributed by atoms with Crippen LogP contribution in [0.2, 0.25) is 0 Å². The van der Waals surface area contributed by atoms with Gasteiger partial charge in [0.05, 0.1) is 0 Å². The second kappa shape index (κ2) is 5.82. The van der Waals surface area contributed by atoms with Crippen molar-refractivity contribution in [2.45, 2.75) is 32.6 Å². The normalized spacial score (nSPS) is 26.0. The highest BCUT2D eigenvalue weighted by molar-refractivity contribution is 6.18. The van der Waals surface area contributed by atoms with Crippen LogP contribution in [0.25, 0.3) is 0 Å². The van der Waals surface area contributed by atoms with Crippen molar-refractivity contribution in [3.05, 3.63) is 0 Å². The number of piperidine rings is 1. The number of unbranched alkanes of at least 4 members (excludes halogenated alkanes) is 1. The zero-order chi connectivity index (χ0) is 8.81. The van der Waals surface area contributed by atoms with Crippen molar-refractivity contribution in [3.8, 4) is 0 Å². The quantitative estimate of drug-likeness (QED) is 0.615. The highest BCUT2D eigenvalue weighted by atomic mass is 35.5. The maximum Gasteiger partial charge on any atom is 0.0263 e. The molecule has 12 heavy (non-hydrogen) atoms. The lowest BCUT2D eigenvalue weighted by molar-refractivity contribution is 0.183. The Bertz CT molecular complexity index is 116. The molecule has 0 radical (unpaired) electrons. The Labute approximate surface area is 81.1 Å². The van der Waals surface area contributed by atoms with Gasteiger partial charge in [-0.15, -0.1) is 11.6 Å². The number of rotatable bonds is 4. The standard InChI is InChI=1S/C10H20ClN/c1-2-3-6-12-7-4-5-10(8-11)9-12/h10H,2-9H2,1H3. The molecule has 0 saturated carbocycles. The molecule has 0 aromatic carbocycles. The van der Waals surface area contributed by atoms with Crippen LogP contribution in [0.4, 0.5) is 0 Å². The minimum absolute atomic E-state index is 0.761. The highest BCUT2D eigenvalue weighted by Gasteiger charge is 2.17. The molecule has 0 aromatic heterocycles. The fraction of sp³-hybridized carbons (Fsp3) is 1.00. The van der Waals surface area contributed by atoms with Crippen molar-refractivity contribution < 1.29 is 0 Å². The van der Waals surface area contributed by atoms with Gasteiger partial charge in [0.25, 0.3) is 0 Å². The van der Waals surface area contributed by atoms with Crippen molar-refractivity contribution in [1.29, 1.82) is 0 Å². The third-order valence-electron chi connectivity index (χ3n) is 2.65. The molecule has 0 aliphatic carbocycles. The second-order valence-electron chi connectivity index (χ2n) is 3.82. The summed E-state index contributed by atoms with van der Waals surface area (Å²) in [5.41, 5.74) is 0. The molecular weight excluding hydrogens is 170 g/mol. The van der Waals surface area contributed by atoms with Gasteiger partial charge in [-0.25, -0.2) is 0 Å². The lowest BCUT2D eigenvalue weighted by Gasteiger charge is -2.31. The Morgan fingerprint density at radius 1 is 1.50 bits per heavy atom. The van der Waals surface area contributed by atoms with E-state index in [9.17, 15) is 0 Å². The van der Waals surface area contributed by atoms with E-state index in [4.69, 9.17) is 11.6 Å². The Morgan fingerprint density at radius 2 is 2.33 bits per heavy atom. The van der Waals surface area contributed by atoms with Crippen LogP contribution >= 0.6 is 11.6 Å². The molecule has 72 valence electrons. The molecule has 1 heterocycles. The summed E-state index contributed by atoms with van der Waals surface area (Å²) in [4.78, 5) is 2.57. The van der Waals surface area contributed by atoms with Crippen LogP contribution in [0.1, 0.15) is 32.6 Å². The molecule has 1 unspecified atom stereocenters. The predicted molar refractivity (Wildman–Crippen MR) is 54.8 cm³/mol. The Balaban J connectivity index is 2.16. The zero-order valence-corrected chi connectivity index (χ0v) is 8.82. The summed E-state index contributed by atoms with van der Waals surface area (Å²) in [5, 5.41) is 0. The Morgan fingerprint density at radius 3 is 3.00 bits per heavy atom. The van der Waals surface area contributed by atoms with Crippen molar-refractivity contribution in [3.63, 3.8) is 0 Å². The topological polar surface area (TPSA) is 3.24 Å². The van der Waals surface area contributed by atoms with E-state index in [-0.39, 0.29) is 0 Å². The van der Waals surface area contributed by atoms with Gasteiger partial charge in [-0.05, 0) is 38.3 Å². The van der Waals surface area contributed by atoms with Crippen LogP contribution in [-0.4, -0.2) is 30.4 Å². The molecule has 1 atom stereocenters. The van der Waals surface area contributed by atoms with Gasteiger partial charge < -0.3 is 4.90 Å². The van der Waals surface area contributed by atoms with Gasteiger partial charge in [0.2, 0.25) is 0 Å². The summed E-state index contributed by atoms with van der Waals surface area (Å²) >= 11 is 5.85. The van der Waals surface area contributed by atoms with Crippen molar-refractivity contribution >= 4 is 11.6 Å². The van der Waals surface area contributed by atoms with E-state index in [1.165, 1.54) is 45.3 Å². The van der Waals surface area contributed by atoms with Crippen LogP contribution in [0.5, 0.6) is 0 Å². The summed E-state index contributed by atoms with van der Waals surface area (Å²) < 4.78 is 0. The lowest BCUT2D eigenvalue weighted by Crippen LogP contribution is -2.36. The monoisotopic (exact) mass is 189 g/mol. The maximum absolute atomic E-state index is 5.85. The van der Waals surface area contributed by atoms with E-state index >= 15 is 0 Å². The van der Waals surface area contributed by atoms with Crippen LogP contribution in [0, 0.1) is 5.92 Å². The highest BCUT2D eigenvalue weighted by Crippen LogP contribution is 2.17. The number of nitrogens with zero attached hydrogens (tertiary/aromatic N) is 1. The van der Waals surface area contributed by atoms with Crippen molar-refractivity contribution in [1.82, 2.24) is 4.90 Å². The van der Waals surface area contributed by atoms with Crippen LogP contribution in [0.3, 0.4) is 0 Å². The maximum atomic E-state index is 5.85. The SMILES string of the molecule is CCCCN1CCCC(CCl)C1. The van der Waals surface area contributed by atoms with Gasteiger partial charge in [0.1, 0.15) is 0 Å². The van der Waals surface area contributed by atoms with Crippen molar-refractivity contribution in [2.24, 2.45) is 5.92 Å². The first-order valence-electron chi connectivity index (χ1n) is 5.15. The molecule has 1 fully saturated rings. The van der Waals surface area contributed by atoms with Crippen LogP contribution in [-0.2, 0) is 0 Å². The molecule has 1 nitrogen and oxygen atoms in total. The lowest BCUT2D eigenvalue weighted by atomic mass is 10.00. The Hall–Kier alpha value is 0.250. The van der Waals surface area contributed by atoms with E-state index in [1.807, 2.05) is 0 Å². The smallest absolute Gasteiger partial charge is 0.0263 e. The first-order valence-corrected chi connectivity index (χ1v) is 5.68. The van der Waals surface area contributed by atoms with Gasteiger partial charge in [0, 0.05) is 12.4 Å². The molecule has 1 aliphatic rings. The summed E-state index contributed by atoms with van der Waals surface area (Å²) in [6, 6.07) is 0. The Kier molecular flexibility index (Phi) is 5.01. The third kappa shape index (κ3) is 3.32. The number of hydrogen-bond donors (Lipinski definition) is 0. The molecule has 0 amide bonds. The average Bonchev–Trinajstić information content (AvgIpc) is 2.15. The summed E-state index contributed by atoms with van der Waals surface area (Å²) in [6.07, 6.45) is 5.34. The number of alkyl halides is 1. The number of halogens is 1. The third-order valence-corrected chi connectivity index (χ3v) is 3.09. The van der Waals surface area contributed by atoms with Gasteiger partial charge in [-0.1, -0.05) is 13.3 Å². The minimum Gasteiger partial charge on any atom is -0.303 e. The van der Waals surface area contributed by atoms with E-state index in [2.05, 4.69) is 11.8 Å². The van der Waals surface area contributed by atoms with E-state index in [0.29, 0.717) is 0 Å². The predicted octanol–water partition coefficient (Wildman–Crippen LogP) is 2.74. The largest absolute Gasteiger partial charge is 0.303 e. The molecule has 0 N–H and O–H groups in total. The summed E-state index contributed by atoms with van der Waals surface area (Å²) in [7, 11) is 0. The van der Waals surface area contributed by atoms with Gasteiger partial charge in [-0.3, -0.25) is 0 Å². The average molecular weight is 190 g/mol. The second-order valence-corrected chi connectivity index (χ2v) is 4.13. The molecule has 0 aromatic rings. The summed E-state index contributed by atoms with van der Waals surface area (Å²) in [6.45, 7) is 6.07. The number of likely N-dealkylation sites (tertiary alicyclic amines) is 1. The molecule has 1 aliphatic heterocycles. The fourth-order valence-electron chi connectivity index (χ4n) is 1.86. The fourth-order valence-corrected chi connectivity index (χ4v) is 2.11. The van der Waals surface area contributed by atoms with Crippen LogP contribution in [0.15, 0.2) is 0 Å². The molecule has 1 saturated heterocycles. The van der Waals surface area contributed by atoms with Gasteiger partial charge in [0.15, 0.2) is 0 Å². The van der Waals surface area contributed by atoms with Gasteiger partial charge >= 0.3 is 0 Å². The molecular formula is C10H20ClN. The molecule has 1 rings (SSSR count). The molecule has 2 heteroatoms. The first kappa shape index (κ1) is 10.3. The first-order chi connectivity index (χ1) is 5.86. The minimum atomic E-state index is 0.761. The van der Waals surface area contributed by atoms with Crippen molar-refractivity contribution in [2.75, 3.05) is 25.5 Å². The van der Waals surface area contributed by atoms with Crippen LogP contribution < -0.4 is 0 Å². The molecule has 0 spiro atoms. The van der Waals surface area contributed by atoms with Gasteiger partial charge in [-0.2, -0.15) is 0 Å². The van der Waals surface area contributed by atoms with E-state index in [0.717, 1.165) is 11.8 Å².